The molecule has 0 fully saturated rings. The summed E-state index contributed by atoms with van der Waals surface area (Å²) in [6.45, 7) is 7.21. The lowest BCUT2D eigenvalue weighted by Gasteiger charge is -2.21. The van der Waals surface area contributed by atoms with Crippen molar-refractivity contribution in [1.82, 2.24) is 0 Å². The van der Waals surface area contributed by atoms with Gasteiger partial charge in [-0.1, -0.05) is 6.07 Å². The number of halogens is 3. The average Bonchev–Trinajstić information content (AvgIpc) is 2.18. The maximum absolute atomic E-state index is 12.6. The fourth-order valence-electron chi connectivity index (χ4n) is 1.74. The molecular formula is C12H16F3N. The lowest BCUT2D eigenvalue weighted by molar-refractivity contribution is -0.149. The monoisotopic (exact) mass is 231 g/mol. The van der Waals surface area contributed by atoms with Crippen molar-refractivity contribution in [2.24, 2.45) is 5.73 Å². The molecule has 4 heteroatoms. The van der Waals surface area contributed by atoms with Gasteiger partial charge in [-0.25, -0.2) is 0 Å². The molecule has 0 saturated carbocycles. The van der Waals surface area contributed by atoms with Gasteiger partial charge in [0.1, 0.15) is 6.04 Å². The summed E-state index contributed by atoms with van der Waals surface area (Å²) in [5, 5.41) is 0. The van der Waals surface area contributed by atoms with E-state index in [4.69, 9.17) is 5.73 Å². The summed E-state index contributed by atoms with van der Waals surface area (Å²) in [5.41, 5.74) is 8.80. The van der Waals surface area contributed by atoms with E-state index in [1.165, 1.54) is 6.07 Å². The van der Waals surface area contributed by atoms with Gasteiger partial charge < -0.3 is 5.73 Å². The molecule has 0 amide bonds. The molecule has 0 spiro atoms. The third-order valence-electron chi connectivity index (χ3n) is 3.21. The van der Waals surface area contributed by atoms with Crippen LogP contribution in [0.25, 0.3) is 0 Å². The first-order valence-electron chi connectivity index (χ1n) is 5.05. The molecule has 1 aromatic carbocycles. The summed E-state index contributed by atoms with van der Waals surface area (Å²) in [6.07, 6.45) is -4.39. The average molecular weight is 231 g/mol. The van der Waals surface area contributed by atoms with Gasteiger partial charge in [0, 0.05) is 0 Å². The van der Waals surface area contributed by atoms with Crippen LogP contribution in [0.1, 0.15) is 33.9 Å². The number of rotatable bonds is 1. The van der Waals surface area contributed by atoms with Gasteiger partial charge in [-0.2, -0.15) is 13.2 Å². The Labute approximate surface area is 93.5 Å². The van der Waals surface area contributed by atoms with E-state index >= 15 is 0 Å². The van der Waals surface area contributed by atoms with Crippen molar-refractivity contribution in [3.8, 4) is 0 Å². The minimum atomic E-state index is -4.39. The highest BCUT2D eigenvalue weighted by atomic mass is 19.4. The van der Waals surface area contributed by atoms with Gasteiger partial charge in [0.05, 0.1) is 0 Å². The standard InChI is InChI=1S/C12H16F3N/c1-6-5-10(11(16)12(13,14)15)9(4)8(3)7(6)2/h5,11H,16H2,1-4H3/t11-/m0/s1. The van der Waals surface area contributed by atoms with E-state index in [2.05, 4.69) is 0 Å². The molecule has 0 aliphatic rings. The Morgan fingerprint density at radius 2 is 1.50 bits per heavy atom. The summed E-state index contributed by atoms with van der Waals surface area (Å²) >= 11 is 0. The summed E-state index contributed by atoms with van der Waals surface area (Å²) < 4.78 is 37.7. The fraction of sp³-hybridized carbons (Fsp3) is 0.500. The van der Waals surface area contributed by atoms with Gasteiger partial charge in [0.2, 0.25) is 0 Å². The Morgan fingerprint density at radius 1 is 1.00 bits per heavy atom. The number of benzene rings is 1. The summed E-state index contributed by atoms with van der Waals surface area (Å²) in [4.78, 5) is 0. The maximum Gasteiger partial charge on any atom is 0.407 e. The molecule has 1 aromatic rings. The molecule has 90 valence electrons. The van der Waals surface area contributed by atoms with Crippen molar-refractivity contribution >= 4 is 0 Å². The predicted octanol–water partition coefficient (Wildman–Crippen LogP) is 3.48. The van der Waals surface area contributed by atoms with E-state index < -0.39 is 12.2 Å². The van der Waals surface area contributed by atoms with Crippen LogP contribution in [0, 0.1) is 27.7 Å². The Bertz CT molecular complexity index is 408. The molecule has 0 aliphatic heterocycles. The molecule has 1 rings (SSSR count). The van der Waals surface area contributed by atoms with E-state index in [1.54, 1.807) is 13.8 Å². The normalized spacial score (nSPS) is 14.0. The van der Waals surface area contributed by atoms with Gasteiger partial charge in [0.15, 0.2) is 0 Å². The lowest BCUT2D eigenvalue weighted by Crippen LogP contribution is -2.29. The third kappa shape index (κ3) is 2.21. The Balaban J connectivity index is 3.36. The summed E-state index contributed by atoms with van der Waals surface area (Å²) in [7, 11) is 0. The van der Waals surface area contributed by atoms with Crippen LogP contribution < -0.4 is 5.73 Å². The van der Waals surface area contributed by atoms with E-state index in [-0.39, 0.29) is 5.56 Å². The molecule has 0 unspecified atom stereocenters. The van der Waals surface area contributed by atoms with Crippen molar-refractivity contribution in [3.63, 3.8) is 0 Å². The largest absolute Gasteiger partial charge is 0.407 e. The smallest absolute Gasteiger partial charge is 0.316 e. The predicted molar refractivity (Wildman–Crippen MR) is 58.4 cm³/mol. The lowest BCUT2D eigenvalue weighted by atomic mass is 9.91. The molecule has 1 nitrogen and oxygen atoms in total. The van der Waals surface area contributed by atoms with Crippen molar-refractivity contribution in [2.75, 3.05) is 0 Å². The van der Waals surface area contributed by atoms with Crippen LogP contribution in [0.2, 0.25) is 0 Å². The number of nitrogens with two attached hydrogens (primary N) is 1. The van der Waals surface area contributed by atoms with Gasteiger partial charge >= 0.3 is 6.18 Å². The van der Waals surface area contributed by atoms with E-state index in [0.717, 1.165) is 16.7 Å². The zero-order chi connectivity index (χ0) is 12.7. The van der Waals surface area contributed by atoms with Gasteiger partial charge in [-0.05, 0) is 55.5 Å². The fourth-order valence-corrected chi connectivity index (χ4v) is 1.74. The quantitative estimate of drug-likeness (QED) is 0.786. The Hall–Kier alpha value is -1.03. The molecule has 0 saturated heterocycles. The molecule has 0 bridgehead atoms. The molecule has 1 atom stereocenters. The third-order valence-corrected chi connectivity index (χ3v) is 3.21. The van der Waals surface area contributed by atoms with Crippen LogP contribution in [0.3, 0.4) is 0 Å². The molecule has 0 aromatic heterocycles. The first-order valence-corrected chi connectivity index (χ1v) is 5.05. The van der Waals surface area contributed by atoms with Crippen LogP contribution in [-0.4, -0.2) is 6.18 Å². The molecule has 0 radical (unpaired) electrons. The highest BCUT2D eigenvalue weighted by Crippen LogP contribution is 2.34. The zero-order valence-electron chi connectivity index (χ0n) is 9.87. The van der Waals surface area contributed by atoms with E-state index in [1.807, 2.05) is 13.8 Å². The van der Waals surface area contributed by atoms with Crippen LogP contribution >= 0.6 is 0 Å². The summed E-state index contributed by atoms with van der Waals surface area (Å²) in [5.74, 6) is 0. The topological polar surface area (TPSA) is 26.0 Å². The SMILES string of the molecule is Cc1cc([C@H](N)C(F)(F)F)c(C)c(C)c1C. The van der Waals surface area contributed by atoms with E-state index in [9.17, 15) is 13.2 Å². The van der Waals surface area contributed by atoms with Crippen LogP contribution in [0.5, 0.6) is 0 Å². The maximum atomic E-state index is 12.6. The second-order valence-corrected chi connectivity index (χ2v) is 4.18. The number of aryl methyl sites for hydroxylation is 1. The molecule has 0 aliphatic carbocycles. The highest BCUT2D eigenvalue weighted by molar-refractivity contribution is 5.45. The Kier molecular flexibility index (Phi) is 3.33. The number of hydrogen-bond acceptors (Lipinski definition) is 1. The minimum absolute atomic E-state index is 0.174. The van der Waals surface area contributed by atoms with Crippen LogP contribution in [0.4, 0.5) is 13.2 Å². The van der Waals surface area contributed by atoms with Crippen molar-refractivity contribution in [1.29, 1.82) is 0 Å². The van der Waals surface area contributed by atoms with Crippen molar-refractivity contribution < 1.29 is 13.2 Å². The second-order valence-electron chi connectivity index (χ2n) is 4.18. The number of alkyl halides is 3. The molecule has 16 heavy (non-hydrogen) atoms. The minimum Gasteiger partial charge on any atom is -0.316 e. The molecule has 2 N–H and O–H groups in total. The van der Waals surface area contributed by atoms with Gasteiger partial charge in [0.25, 0.3) is 0 Å². The first-order chi connectivity index (χ1) is 7.16. The second kappa shape index (κ2) is 4.09. The first kappa shape index (κ1) is 13.0. The van der Waals surface area contributed by atoms with Gasteiger partial charge in [-0.15, -0.1) is 0 Å². The van der Waals surface area contributed by atoms with Crippen molar-refractivity contribution in [3.05, 3.63) is 33.9 Å². The molecule has 0 heterocycles. The zero-order valence-corrected chi connectivity index (χ0v) is 9.87. The van der Waals surface area contributed by atoms with Crippen molar-refractivity contribution in [2.45, 2.75) is 39.9 Å². The molecular weight excluding hydrogens is 215 g/mol. The number of hydrogen-bond donors (Lipinski definition) is 1. The van der Waals surface area contributed by atoms with Gasteiger partial charge in [-0.3, -0.25) is 0 Å². The van der Waals surface area contributed by atoms with Crippen LogP contribution in [-0.2, 0) is 0 Å². The van der Waals surface area contributed by atoms with Crippen LogP contribution in [0.15, 0.2) is 6.07 Å². The highest BCUT2D eigenvalue weighted by Gasteiger charge is 2.38. The Morgan fingerprint density at radius 3 is 1.94 bits per heavy atom. The van der Waals surface area contributed by atoms with E-state index in [0.29, 0.717) is 5.56 Å². The summed E-state index contributed by atoms with van der Waals surface area (Å²) in [6, 6.07) is -0.360.